The zero-order chi connectivity index (χ0) is 19.0. The zero-order valence-corrected chi connectivity index (χ0v) is 17.5. The number of aryl methyl sites for hydroxylation is 4. The molecule has 3 aromatic rings. The monoisotopic (exact) mass is 396 g/mol. The van der Waals surface area contributed by atoms with Gasteiger partial charge in [0.25, 0.3) is 5.56 Å². The van der Waals surface area contributed by atoms with Crippen LogP contribution < -0.4 is 5.56 Å². The summed E-state index contributed by atoms with van der Waals surface area (Å²) in [5, 5.41) is 1.65. The fourth-order valence-corrected chi connectivity index (χ4v) is 6.09. The van der Waals surface area contributed by atoms with Crippen molar-refractivity contribution in [3.8, 4) is 0 Å². The maximum Gasteiger partial charge on any atom is 0.263 e. The van der Waals surface area contributed by atoms with Crippen LogP contribution in [0.1, 0.15) is 40.0 Å². The van der Waals surface area contributed by atoms with Crippen LogP contribution in [0.4, 0.5) is 0 Å². The second-order valence-corrected chi connectivity index (χ2v) is 9.23. The lowest BCUT2D eigenvalue weighted by Gasteiger charge is -2.13. The molecule has 2 heterocycles. The van der Waals surface area contributed by atoms with Crippen LogP contribution in [-0.4, -0.2) is 9.55 Å². The van der Waals surface area contributed by atoms with E-state index in [-0.39, 0.29) is 5.56 Å². The van der Waals surface area contributed by atoms with Gasteiger partial charge in [0.1, 0.15) is 4.83 Å². The van der Waals surface area contributed by atoms with Crippen molar-refractivity contribution in [1.29, 1.82) is 0 Å². The molecule has 4 rings (SSSR count). The first-order chi connectivity index (χ1) is 13.1. The minimum Gasteiger partial charge on any atom is -0.283 e. The largest absolute Gasteiger partial charge is 0.283 e. The van der Waals surface area contributed by atoms with Crippen LogP contribution >= 0.6 is 23.1 Å². The fraction of sp³-hybridized carbons (Fsp3) is 0.364. The van der Waals surface area contributed by atoms with Crippen molar-refractivity contribution >= 4 is 33.3 Å². The second kappa shape index (κ2) is 7.64. The van der Waals surface area contributed by atoms with E-state index in [0.717, 1.165) is 34.0 Å². The highest BCUT2D eigenvalue weighted by Gasteiger charge is 2.22. The van der Waals surface area contributed by atoms with Crippen molar-refractivity contribution in [2.45, 2.75) is 57.0 Å². The molecular weight excluding hydrogens is 372 g/mol. The Balaban J connectivity index is 1.77. The van der Waals surface area contributed by atoms with Crippen LogP contribution in [-0.2, 0) is 25.1 Å². The quantitative estimate of drug-likeness (QED) is 0.328. The highest BCUT2D eigenvalue weighted by Crippen LogP contribution is 2.35. The normalized spacial score (nSPS) is 13.7. The molecule has 1 aliphatic rings. The van der Waals surface area contributed by atoms with Crippen molar-refractivity contribution in [1.82, 2.24) is 9.55 Å². The Morgan fingerprint density at radius 1 is 1.30 bits per heavy atom. The summed E-state index contributed by atoms with van der Waals surface area (Å²) >= 11 is 3.37. The van der Waals surface area contributed by atoms with Gasteiger partial charge in [0.05, 0.1) is 5.39 Å². The molecule has 0 unspecified atom stereocenters. The van der Waals surface area contributed by atoms with E-state index in [1.54, 1.807) is 33.7 Å². The summed E-state index contributed by atoms with van der Waals surface area (Å²) < 4.78 is 1.80. The third-order valence-corrected chi connectivity index (χ3v) is 7.42. The van der Waals surface area contributed by atoms with Crippen LogP contribution in [0.15, 0.2) is 40.8 Å². The lowest BCUT2D eigenvalue weighted by atomic mass is 9.97. The minimum atomic E-state index is 0.0998. The highest BCUT2D eigenvalue weighted by atomic mass is 32.2. The molecule has 0 atom stereocenters. The summed E-state index contributed by atoms with van der Waals surface area (Å²) in [6.07, 6.45) is 6.27. The van der Waals surface area contributed by atoms with Gasteiger partial charge in [0, 0.05) is 17.2 Å². The molecule has 0 aliphatic heterocycles. The number of benzene rings is 1. The Kier molecular flexibility index (Phi) is 5.24. The number of thioether (sulfide) groups is 1. The van der Waals surface area contributed by atoms with Gasteiger partial charge in [-0.2, -0.15) is 0 Å². The molecule has 3 nitrogen and oxygen atoms in total. The second-order valence-electron chi connectivity index (χ2n) is 7.21. The van der Waals surface area contributed by atoms with Crippen LogP contribution in [0, 0.1) is 13.8 Å². The van der Waals surface area contributed by atoms with Crippen LogP contribution in [0.3, 0.4) is 0 Å². The molecule has 5 heteroatoms. The molecular formula is C22H24N2OS2. The van der Waals surface area contributed by atoms with Crippen molar-refractivity contribution in [2.75, 3.05) is 0 Å². The molecule has 0 bridgehead atoms. The average Bonchev–Trinajstić information content (AvgIpc) is 3.03. The van der Waals surface area contributed by atoms with Crippen LogP contribution in [0.25, 0.3) is 10.2 Å². The Bertz CT molecular complexity index is 1080. The van der Waals surface area contributed by atoms with Gasteiger partial charge < -0.3 is 0 Å². The van der Waals surface area contributed by atoms with E-state index < -0.39 is 0 Å². The summed E-state index contributed by atoms with van der Waals surface area (Å²) in [5.74, 6) is 0.813. The van der Waals surface area contributed by atoms with Crippen molar-refractivity contribution < 1.29 is 0 Å². The number of allylic oxidation sites excluding steroid dienone is 1. The highest BCUT2D eigenvalue weighted by molar-refractivity contribution is 7.98. The number of aromatic nitrogens is 2. The van der Waals surface area contributed by atoms with Crippen LogP contribution in [0.2, 0.25) is 0 Å². The molecule has 0 saturated heterocycles. The lowest BCUT2D eigenvalue weighted by molar-refractivity contribution is 0.668. The van der Waals surface area contributed by atoms with E-state index >= 15 is 0 Å². The molecule has 0 amide bonds. The maximum atomic E-state index is 13.3. The number of hydrogen-bond donors (Lipinski definition) is 0. The summed E-state index contributed by atoms with van der Waals surface area (Å²) in [4.78, 5) is 20.5. The topological polar surface area (TPSA) is 34.9 Å². The summed E-state index contributed by atoms with van der Waals surface area (Å²) in [5.41, 5.74) is 5.18. The zero-order valence-electron chi connectivity index (χ0n) is 15.9. The number of rotatable bonds is 5. The molecule has 27 heavy (non-hydrogen) atoms. The number of hydrogen-bond acceptors (Lipinski definition) is 4. The standard InChI is InChI=1S/C22H24N2OS2/c1-4-11-24-21(25)19-17-7-5-6-8-18(17)27-20(19)23-22(24)26-13-16-12-14(2)9-10-15(16)3/h4,9-10,12H,1,5-8,11,13H2,2-3H3. The van der Waals surface area contributed by atoms with E-state index in [0.29, 0.717) is 6.54 Å². The molecule has 0 spiro atoms. The summed E-state index contributed by atoms with van der Waals surface area (Å²) in [6.45, 7) is 8.59. The predicted molar refractivity (Wildman–Crippen MR) is 116 cm³/mol. The molecule has 0 saturated carbocycles. The third kappa shape index (κ3) is 3.50. The number of fused-ring (bicyclic) bond motifs is 3. The van der Waals surface area contributed by atoms with E-state index in [9.17, 15) is 4.79 Å². The molecule has 0 fully saturated rings. The van der Waals surface area contributed by atoms with Crippen molar-refractivity contribution in [3.05, 3.63) is 68.3 Å². The van der Waals surface area contributed by atoms with Gasteiger partial charge >= 0.3 is 0 Å². The smallest absolute Gasteiger partial charge is 0.263 e. The minimum absolute atomic E-state index is 0.0998. The Morgan fingerprint density at radius 2 is 2.11 bits per heavy atom. The summed E-state index contributed by atoms with van der Waals surface area (Å²) in [7, 11) is 0. The van der Waals surface area contributed by atoms with Crippen molar-refractivity contribution in [2.24, 2.45) is 0 Å². The molecule has 0 N–H and O–H groups in total. The van der Waals surface area contributed by atoms with E-state index in [2.05, 4.69) is 38.6 Å². The first-order valence-corrected chi connectivity index (χ1v) is 11.2. The lowest BCUT2D eigenvalue weighted by Crippen LogP contribution is -2.23. The molecule has 1 aliphatic carbocycles. The van der Waals surface area contributed by atoms with Gasteiger partial charge in [-0.05, 0) is 56.2 Å². The molecule has 2 aromatic heterocycles. The van der Waals surface area contributed by atoms with Gasteiger partial charge in [-0.15, -0.1) is 17.9 Å². The Hall–Kier alpha value is -1.85. The van der Waals surface area contributed by atoms with E-state index in [1.165, 1.54) is 40.0 Å². The average molecular weight is 397 g/mol. The Labute approximate surface area is 168 Å². The molecule has 140 valence electrons. The van der Waals surface area contributed by atoms with Gasteiger partial charge in [-0.25, -0.2) is 4.98 Å². The molecule has 1 aromatic carbocycles. The van der Waals surface area contributed by atoms with Gasteiger partial charge in [-0.1, -0.05) is 41.6 Å². The number of nitrogens with zero attached hydrogens (tertiary/aromatic N) is 2. The van der Waals surface area contributed by atoms with Gasteiger partial charge in [0.2, 0.25) is 0 Å². The summed E-state index contributed by atoms with van der Waals surface area (Å²) in [6, 6.07) is 6.52. The fourth-order valence-electron chi connectivity index (χ4n) is 3.72. The van der Waals surface area contributed by atoms with E-state index in [4.69, 9.17) is 4.98 Å². The SMILES string of the molecule is C=CCn1c(SCc2cc(C)ccc2C)nc2sc3c(c2c1=O)CCCC3. The first kappa shape index (κ1) is 18.5. The van der Waals surface area contributed by atoms with Gasteiger partial charge in [-0.3, -0.25) is 9.36 Å². The maximum absolute atomic E-state index is 13.3. The Morgan fingerprint density at radius 3 is 2.93 bits per heavy atom. The third-order valence-electron chi connectivity index (χ3n) is 5.21. The predicted octanol–water partition coefficient (Wildman–Crippen LogP) is 5.43. The van der Waals surface area contributed by atoms with Crippen LogP contribution in [0.5, 0.6) is 0 Å². The number of thiophene rings is 1. The van der Waals surface area contributed by atoms with E-state index in [1.807, 2.05) is 0 Å². The van der Waals surface area contributed by atoms with Crippen molar-refractivity contribution in [3.63, 3.8) is 0 Å². The molecule has 0 radical (unpaired) electrons. The first-order valence-electron chi connectivity index (χ1n) is 9.43. The van der Waals surface area contributed by atoms with Gasteiger partial charge in [0.15, 0.2) is 5.16 Å².